The first kappa shape index (κ1) is 23.3. The number of hydrogen-bond acceptors (Lipinski definition) is 4. The molecule has 10 heteroatoms. The Labute approximate surface area is 159 Å². The molecule has 1 saturated heterocycles. The molecule has 0 aliphatic carbocycles. The van der Waals surface area contributed by atoms with Crippen LogP contribution >= 0.6 is 0 Å². The van der Waals surface area contributed by atoms with Crippen molar-refractivity contribution in [3.8, 4) is 0 Å². The van der Waals surface area contributed by atoms with Crippen LogP contribution in [0.25, 0.3) is 0 Å². The standard InChI is InChI=1S/C17H32F3N5O2/c1-5-21-14(22-7-8-23-15(26)27-16(2,3)4)24-10-13-6-9-25(11-13)12-17(18,19)20/h13H,5-12H2,1-4H3,(H,23,26)(H2,21,22,24). The van der Waals surface area contributed by atoms with E-state index in [1.807, 2.05) is 6.92 Å². The lowest BCUT2D eigenvalue weighted by Gasteiger charge is -2.20. The van der Waals surface area contributed by atoms with Gasteiger partial charge in [0.05, 0.1) is 6.54 Å². The number of alkyl halides is 3. The monoisotopic (exact) mass is 395 g/mol. The van der Waals surface area contributed by atoms with Crippen molar-refractivity contribution in [3.63, 3.8) is 0 Å². The maximum absolute atomic E-state index is 12.4. The zero-order valence-electron chi connectivity index (χ0n) is 16.6. The number of nitrogens with zero attached hydrogens (tertiary/aromatic N) is 2. The number of nitrogens with one attached hydrogen (secondary N) is 3. The SMILES string of the molecule is CCNC(=NCC1CCN(CC(F)(F)F)C1)NCCNC(=O)OC(C)(C)C. The molecule has 3 N–H and O–H groups in total. The van der Waals surface area contributed by atoms with Crippen LogP contribution in [0.2, 0.25) is 0 Å². The third-order valence-electron chi connectivity index (χ3n) is 3.71. The lowest BCUT2D eigenvalue weighted by atomic mass is 10.1. The van der Waals surface area contributed by atoms with Crippen LogP contribution in [0.15, 0.2) is 4.99 Å². The van der Waals surface area contributed by atoms with Gasteiger partial charge in [-0.25, -0.2) is 4.79 Å². The molecule has 1 aliphatic rings. The minimum absolute atomic E-state index is 0.114. The number of guanidine groups is 1. The van der Waals surface area contributed by atoms with Gasteiger partial charge in [0.1, 0.15) is 5.60 Å². The summed E-state index contributed by atoms with van der Waals surface area (Å²) in [7, 11) is 0. The minimum Gasteiger partial charge on any atom is -0.444 e. The molecule has 27 heavy (non-hydrogen) atoms. The van der Waals surface area contributed by atoms with Gasteiger partial charge in [-0.1, -0.05) is 0 Å². The van der Waals surface area contributed by atoms with E-state index in [9.17, 15) is 18.0 Å². The molecule has 1 atom stereocenters. The molecule has 0 aromatic carbocycles. The third kappa shape index (κ3) is 11.6. The average molecular weight is 395 g/mol. The topological polar surface area (TPSA) is 78.0 Å². The van der Waals surface area contributed by atoms with E-state index in [-0.39, 0.29) is 5.92 Å². The Morgan fingerprint density at radius 1 is 1.19 bits per heavy atom. The van der Waals surface area contributed by atoms with Crippen molar-refractivity contribution in [3.05, 3.63) is 0 Å². The molecule has 0 aromatic rings. The lowest BCUT2D eigenvalue weighted by molar-refractivity contribution is -0.143. The Morgan fingerprint density at radius 2 is 1.85 bits per heavy atom. The van der Waals surface area contributed by atoms with Gasteiger partial charge in [-0.2, -0.15) is 13.2 Å². The molecule has 1 amide bonds. The molecular formula is C17H32F3N5O2. The van der Waals surface area contributed by atoms with Gasteiger partial charge in [0.2, 0.25) is 0 Å². The van der Waals surface area contributed by atoms with Gasteiger partial charge >= 0.3 is 12.3 Å². The summed E-state index contributed by atoms with van der Waals surface area (Å²) in [6.07, 6.45) is -3.93. The van der Waals surface area contributed by atoms with Crippen LogP contribution < -0.4 is 16.0 Å². The summed E-state index contributed by atoms with van der Waals surface area (Å²) >= 11 is 0. The van der Waals surface area contributed by atoms with Crippen LogP contribution in [-0.4, -0.2) is 74.5 Å². The first-order chi connectivity index (χ1) is 12.5. The summed E-state index contributed by atoms with van der Waals surface area (Å²) in [6, 6.07) is 0. The molecule has 0 spiro atoms. The fourth-order valence-corrected chi connectivity index (χ4v) is 2.68. The number of hydrogen-bond donors (Lipinski definition) is 3. The largest absolute Gasteiger partial charge is 0.444 e. The highest BCUT2D eigenvalue weighted by molar-refractivity contribution is 5.79. The Balaban J connectivity index is 2.33. The second-order valence-electron chi connectivity index (χ2n) is 7.58. The van der Waals surface area contributed by atoms with Crippen LogP contribution in [-0.2, 0) is 4.74 Å². The molecule has 0 bridgehead atoms. The summed E-state index contributed by atoms with van der Waals surface area (Å²) < 4.78 is 42.5. The van der Waals surface area contributed by atoms with Gasteiger partial charge < -0.3 is 20.7 Å². The predicted molar refractivity (Wildman–Crippen MR) is 98.8 cm³/mol. The van der Waals surface area contributed by atoms with Crippen LogP contribution in [0, 0.1) is 5.92 Å². The van der Waals surface area contributed by atoms with Gasteiger partial charge in [-0.3, -0.25) is 9.89 Å². The van der Waals surface area contributed by atoms with Crippen molar-refractivity contribution in [2.75, 3.05) is 45.8 Å². The highest BCUT2D eigenvalue weighted by atomic mass is 19.4. The van der Waals surface area contributed by atoms with E-state index in [1.165, 1.54) is 4.90 Å². The van der Waals surface area contributed by atoms with Crippen molar-refractivity contribution in [2.45, 2.75) is 45.9 Å². The molecule has 1 rings (SSSR count). The third-order valence-corrected chi connectivity index (χ3v) is 3.71. The number of ether oxygens (including phenoxy) is 1. The number of alkyl carbamates (subject to hydrolysis) is 1. The maximum atomic E-state index is 12.4. The summed E-state index contributed by atoms with van der Waals surface area (Å²) in [5.74, 6) is 0.695. The van der Waals surface area contributed by atoms with Crippen molar-refractivity contribution in [2.24, 2.45) is 10.9 Å². The van der Waals surface area contributed by atoms with E-state index >= 15 is 0 Å². The number of amides is 1. The summed E-state index contributed by atoms with van der Waals surface area (Å²) in [6.45, 7) is 9.24. The zero-order valence-corrected chi connectivity index (χ0v) is 16.6. The van der Waals surface area contributed by atoms with Crippen molar-refractivity contribution in [1.29, 1.82) is 0 Å². The van der Waals surface area contributed by atoms with E-state index in [0.717, 1.165) is 0 Å². The maximum Gasteiger partial charge on any atom is 0.407 e. The second kappa shape index (κ2) is 10.6. The van der Waals surface area contributed by atoms with Gasteiger partial charge in [-0.15, -0.1) is 0 Å². The van der Waals surface area contributed by atoms with Crippen LogP contribution in [0.5, 0.6) is 0 Å². The van der Waals surface area contributed by atoms with Crippen molar-refractivity contribution in [1.82, 2.24) is 20.9 Å². The minimum atomic E-state index is -4.16. The number of carbonyl (C=O) groups excluding carboxylic acids is 1. The Morgan fingerprint density at radius 3 is 2.44 bits per heavy atom. The van der Waals surface area contributed by atoms with E-state index in [2.05, 4.69) is 20.9 Å². The molecule has 0 saturated carbocycles. The molecule has 1 aliphatic heterocycles. The van der Waals surface area contributed by atoms with Crippen LogP contribution in [0.4, 0.5) is 18.0 Å². The first-order valence-electron chi connectivity index (χ1n) is 9.26. The lowest BCUT2D eigenvalue weighted by Crippen LogP contribution is -2.42. The molecule has 1 heterocycles. The number of likely N-dealkylation sites (tertiary alicyclic amines) is 1. The van der Waals surface area contributed by atoms with Crippen LogP contribution in [0.3, 0.4) is 0 Å². The molecule has 0 aromatic heterocycles. The van der Waals surface area contributed by atoms with E-state index in [0.29, 0.717) is 51.6 Å². The van der Waals surface area contributed by atoms with E-state index in [1.54, 1.807) is 20.8 Å². The normalized spacial score (nSPS) is 19.1. The smallest absolute Gasteiger partial charge is 0.407 e. The number of rotatable bonds is 7. The fraction of sp³-hybridized carbons (Fsp3) is 0.882. The highest BCUT2D eigenvalue weighted by Crippen LogP contribution is 2.22. The molecular weight excluding hydrogens is 363 g/mol. The highest BCUT2D eigenvalue weighted by Gasteiger charge is 2.34. The molecule has 1 fully saturated rings. The predicted octanol–water partition coefficient (Wildman–Crippen LogP) is 1.95. The zero-order chi connectivity index (χ0) is 20.5. The number of halogens is 3. The Bertz CT molecular complexity index is 492. The van der Waals surface area contributed by atoms with E-state index in [4.69, 9.17) is 4.74 Å². The molecule has 158 valence electrons. The Kier molecular flexibility index (Phi) is 9.14. The van der Waals surface area contributed by atoms with Crippen molar-refractivity contribution < 1.29 is 22.7 Å². The average Bonchev–Trinajstić information content (AvgIpc) is 2.92. The summed E-state index contributed by atoms with van der Waals surface area (Å²) in [5, 5.41) is 8.81. The molecule has 0 radical (unpaired) electrons. The second-order valence-corrected chi connectivity index (χ2v) is 7.58. The van der Waals surface area contributed by atoms with Gasteiger partial charge in [0.15, 0.2) is 5.96 Å². The molecule has 1 unspecified atom stereocenters. The van der Waals surface area contributed by atoms with Gasteiger partial charge in [0, 0.05) is 32.7 Å². The number of carbonyl (C=O) groups is 1. The van der Waals surface area contributed by atoms with Gasteiger partial charge in [0.25, 0.3) is 0 Å². The summed E-state index contributed by atoms with van der Waals surface area (Å²) in [5.41, 5.74) is -0.546. The number of aliphatic imine (C=N–C) groups is 1. The van der Waals surface area contributed by atoms with Crippen LogP contribution in [0.1, 0.15) is 34.1 Å². The van der Waals surface area contributed by atoms with E-state index < -0.39 is 24.4 Å². The first-order valence-corrected chi connectivity index (χ1v) is 9.26. The fourth-order valence-electron chi connectivity index (χ4n) is 2.68. The summed E-state index contributed by atoms with van der Waals surface area (Å²) in [4.78, 5) is 17.4. The van der Waals surface area contributed by atoms with Gasteiger partial charge in [-0.05, 0) is 46.6 Å². The quantitative estimate of drug-likeness (QED) is 0.349. The molecule has 7 nitrogen and oxygen atoms in total. The Hall–Kier alpha value is -1.71. The van der Waals surface area contributed by atoms with Crippen molar-refractivity contribution >= 4 is 12.1 Å².